The maximum absolute atomic E-state index is 9.39. The highest BCUT2D eigenvalue weighted by Gasteiger charge is 2.39. The number of para-hydroxylation sites is 1. The summed E-state index contributed by atoms with van der Waals surface area (Å²) in [6.07, 6.45) is 5.64. The molecular weight excluding hydrogens is 234 g/mol. The number of rotatable bonds is 1. The number of fused-ring (bicyclic) bond motifs is 3. The lowest BCUT2D eigenvalue weighted by molar-refractivity contribution is 0.554. The first kappa shape index (κ1) is 10.8. The number of piperidine rings is 1. The van der Waals surface area contributed by atoms with Crippen molar-refractivity contribution in [2.75, 3.05) is 11.4 Å². The second kappa shape index (κ2) is 3.96. The Hall–Kier alpha value is -2.08. The van der Waals surface area contributed by atoms with Gasteiger partial charge in [-0.3, -0.25) is 4.98 Å². The summed E-state index contributed by atoms with van der Waals surface area (Å²) < 4.78 is 0. The molecule has 2 fully saturated rings. The van der Waals surface area contributed by atoms with Crippen LogP contribution in [0, 0.1) is 17.2 Å². The number of pyridine rings is 1. The number of hydrogen-bond acceptors (Lipinski definition) is 3. The average Bonchev–Trinajstić information content (AvgIpc) is 3.08. The zero-order valence-electron chi connectivity index (χ0n) is 10.7. The van der Waals surface area contributed by atoms with E-state index in [1.807, 2.05) is 18.2 Å². The first-order chi connectivity index (χ1) is 9.36. The largest absolute Gasteiger partial charge is 0.367 e. The zero-order valence-corrected chi connectivity index (χ0v) is 10.7. The number of nitrogens with zero attached hydrogens (tertiary/aromatic N) is 3. The van der Waals surface area contributed by atoms with Gasteiger partial charge in [0.2, 0.25) is 0 Å². The topological polar surface area (TPSA) is 39.9 Å². The van der Waals surface area contributed by atoms with Gasteiger partial charge in [-0.1, -0.05) is 18.2 Å². The second-order valence-electron chi connectivity index (χ2n) is 5.63. The Morgan fingerprint density at radius 2 is 2.16 bits per heavy atom. The van der Waals surface area contributed by atoms with Gasteiger partial charge in [0.15, 0.2) is 0 Å². The van der Waals surface area contributed by atoms with Crippen molar-refractivity contribution in [2.24, 2.45) is 5.92 Å². The van der Waals surface area contributed by atoms with Crippen molar-refractivity contribution >= 4 is 16.6 Å². The molecular formula is C16H15N3. The Kier molecular flexibility index (Phi) is 2.25. The molecule has 94 valence electrons. The monoisotopic (exact) mass is 249 g/mol. The minimum Gasteiger partial charge on any atom is -0.367 e. The Morgan fingerprint density at radius 3 is 2.89 bits per heavy atom. The summed E-state index contributed by atoms with van der Waals surface area (Å²) in [4.78, 5) is 6.85. The minimum absolute atomic E-state index is 0.628. The van der Waals surface area contributed by atoms with Gasteiger partial charge in [0.25, 0.3) is 0 Å². The Morgan fingerprint density at radius 1 is 1.26 bits per heavy atom. The van der Waals surface area contributed by atoms with E-state index in [-0.39, 0.29) is 0 Å². The van der Waals surface area contributed by atoms with E-state index in [4.69, 9.17) is 0 Å². The van der Waals surface area contributed by atoms with Crippen LogP contribution in [-0.2, 0) is 0 Å². The fraction of sp³-hybridized carbons (Fsp3) is 0.375. The molecule has 1 aliphatic heterocycles. The summed E-state index contributed by atoms with van der Waals surface area (Å²) in [6.45, 7) is 1.10. The standard InChI is InChI=1S/C16H15N3/c17-8-12-9-18-15-4-2-1-3-14(15)16(12)19-10-11-5-6-13(19)7-11/h1-4,9,11,13H,5-7,10H2. The van der Waals surface area contributed by atoms with Gasteiger partial charge in [-0.2, -0.15) is 5.26 Å². The predicted molar refractivity (Wildman–Crippen MR) is 74.9 cm³/mol. The van der Waals surface area contributed by atoms with Gasteiger partial charge in [0.1, 0.15) is 6.07 Å². The molecule has 1 aromatic heterocycles. The molecule has 2 bridgehead atoms. The smallest absolute Gasteiger partial charge is 0.103 e. The average molecular weight is 249 g/mol. The summed E-state index contributed by atoms with van der Waals surface area (Å²) >= 11 is 0. The first-order valence-electron chi connectivity index (χ1n) is 6.91. The summed E-state index contributed by atoms with van der Waals surface area (Å²) in [6, 6.07) is 11.1. The molecule has 0 N–H and O–H groups in total. The normalized spacial score (nSPS) is 24.9. The number of aromatic nitrogens is 1. The highest BCUT2D eigenvalue weighted by molar-refractivity contribution is 5.94. The lowest BCUT2D eigenvalue weighted by Crippen LogP contribution is -2.32. The van der Waals surface area contributed by atoms with Crippen LogP contribution in [0.25, 0.3) is 10.9 Å². The maximum Gasteiger partial charge on any atom is 0.103 e. The molecule has 2 aliphatic rings. The Balaban J connectivity index is 1.94. The van der Waals surface area contributed by atoms with Crippen LogP contribution in [0.3, 0.4) is 0 Å². The Bertz CT molecular complexity index is 686. The second-order valence-corrected chi connectivity index (χ2v) is 5.63. The van der Waals surface area contributed by atoms with Crippen molar-refractivity contribution in [1.29, 1.82) is 5.26 Å². The molecule has 3 nitrogen and oxygen atoms in total. The van der Waals surface area contributed by atoms with E-state index in [2.05, 4.69) is 22.0 Å². The molecule has 0 spiro atoms. The quantitative estimate of drug-likeness (QED) is 0.779. The van der Waals surface area contributed by atoms with Gasteiger partial charge in [-0.05, 0) is 31.2 Å². The fourth-order valence-corrected chi connectivity index (χ4v) is 3.72. The van der Waals surface area contributed by atoms with E-state index < -0.39 is 0 Å². The molecule has 2 unspecified atom stereocenters. The van der Waals surface area contributed by atoms with Crippen molar-refractivity contribution in [2.45, 2.75) is 25.3 Å². The van der Waals surface area contributed by atoms with Crippen LogP contribution in [-0.4, -0.2) is 17.6 Å². The lowest BCUT2D eigenvalue weighted by Gasteiger charge is -2.30. The third-order valence-electron chi connectivity index (χ3n) is 4.56. The van der Waals surface area contributed by atoms with Crippen LogP contribution in [0.15, 0.2) is 30.5 Å². The molecule has 3 heteroatoms. The summed E-state index contributed by atoms with van der Waals surface area (Å²) in [5, 5.41) is 10.5. The molecule has 0 radical (unpaired) electrons. The minimum atomic E-state index is 0.628. The molecule has 2 heterocycles. The third-order valence-corrected chi connectivity index (χ3v) is 4.56. The van der Waals surface area contributed by atoms with Gasteiger partial charge in [-0.15, -0.1) is 0 Å². The molecule has 19 heavy (non-hydrogen) atoms. The summed E-state index contributed by atoms with van der Waals surface area (Å²) in [5.41, 5.74) is 2.81. The van der Waals surface area contributed by atoms with Crippen molar-refractivity contribution in [3.63, 3.8) is 0 Å². The highest BCUT2D eigenvalue weighted by atomic mass is 15.2. The van der Waals surface area contributed by atoms with Crippen LogP contribution in [0.5, 0.6) is 0 Å². The van der Waals surface area contributed by atoms with Gasteiger partial charge in [0, 0.05) is 24.2 Å². The van der Waals surface area contributed by atoms with Gasteiger partial charge in [-0.25, -0.2) is 0 Å². The van der Waals surface area contributed by atoms with E-state index in [0.29, 0.717) is 11.6 Å². The van der Waals surface area contributed by atoms with E-state index in [1.54, 1.807) is 6.20 Å². The number of anilines is 1. The lowest BCUT2D eigenvalue weighted by atomic mass is 10.0. The van der Waals surface area contributed by atoms with Crippen molar-refractivity contribution in [3.8, 4) is 6.07 Å². The Labute approximate surface area is 112 Å². The number of hydrogen-bond donors (Lipinski definition) is 0. The van der Waals surface area contributed by atoms with Crippen LogP contribution in [0.1, 0.15) is 24.8 Å². The molecule has 1 aromatic carbocycles. The van der Waals surface area contributed by atoms with E-state index >= 15 is 0 Å². The van der Waals surface area contributed by atoms with Gasteiger partial charge in [0.05, 0.1) is 16.8 Å². The zero-order chi connectivity index (χ0) is 12.8. The SMILES string of the molecule is N#Cc1cnc2ccccc2c1N1CC2CCC1C2. The van der Waals surface area contributed by atoms with E-state index in [1.165, 1.54) is 19.3 Å². The van der Waals surface area contributed by atoms with E-state index in [0.717, 1.165) is 29.1 Å². The fourth-order valence-electron chi connectivity index (χ4n) is 3.72. The third kappa shape index (κ3) is 1.53. The van der Waals surface area contributed by atoms with Gasteiger partial charge < -0.3 is 4.90 Å². The highest BCUT2D eigenvalue weighted by Crippen LogP contribution is 2.43. The summed E-state index contributed by atoms with van der Waals surface area (Å²) in [5.74, 6) is 0.823. The van der Waals surface area contributed by atoms with Crippen LogP contribution in [0.4, 0.5) is 5.69 Å². The first-order valence-corrected chi connectivity index (χ1v) is 6.91. The van der Waals surface area contributed by atoms with E-state index in [9.17, 15) is 5.26 Å². The van der Waals surface area contributed by atoms with Crippen LogP contribution < -0.4 is 4.90 Å². The molecule has 0 amide bonds. The van der Waals surface area contributed by atoms with Crippen LogP contribution in [0.2, 0.25) is 0 Å². The molecule has 1 aliphatic carbocycles. The molecule has 4 rings (SSSR count). The molecule has 1 saturated heterocycles. The molecule has 2 atom stereocenters. The van der Waals surface area contributed by atoms with Crippen molar-refractivity contribution < 1.29 is 0 Å². The summed E-state index contributed by atoms with van der Waals surface area (Å²) in [7, 11) is 0. The molecule has 2 aromatic rings. The van der Waals surface area contributed by atoms with Crippen molar-refractivity contribution in [1.82, 2.24) is 4.98 Å². The van der Waals surface area contributed by atoms with Crippen molar-refractivity contribution in [3.05, 3.63) is 36.0 Å². The van der Waals surface area contributed by atoms with Gasteiger partial charge >= 0.3 is 0 Å². The van der Waals surface area contributed by atoms with Crippen LogP contribution >= 0.6 is 0 Å². The molecule has 1 saturated carbocycles. The number of benzene rings is 1. The predicted octanol–water partition coefficient (Wildman–Crippen LogP) is 3.10. The maximum atomic E-state index is 9.39. The number of nitriles is 1.